The summed E-state index contributed by atoms with van der Waals surface area (Å²) in [6.45, 7) is 5.62. The van der Waals surface area contributed by atoms with E-state index in [1.165, 1.54) is 4.90 Å². The van der Waals surface area contributed by atoms with E-state index in [1.54, 1.807) is 28.8 Å². The first-order chi connectivity index (χ1) is 18.7. The van der Waals surface area contributed by atoms with Crippen LogP contribution in [0.3, 0.4) is 0 Å². The molecule has 0 aliphatic carbocycles. The lowest BCUT2D eigenvalue weighted by molar-refractivity contribution is 0.0549. The number of carbonyl (C=O) groups is 3. The molecule has 4 aromatic carbocycles. The van der Waals surface area contributed by atoms with E-state index < -0.39 is 11.7 Å². The number of amides is 2. The molecule has 39 heavy (non-hydrogen) atoms. The van der Waals surface area contributed by atoms with Crippen LogP contribution in [0.1, 0.15) is 47.1 Å². The number of imide groups is 1. The third-order valence-electron chi connectivity index (χ3n) is 7.29. The molecule has 7 heteroatoms. The molecule has 0 spiro atoms. The van der Waals surface area contributed by atoms with Gasteiger partial charge in [0.15, 0.2) is 0 Å². The fraction of sp³-hybridized carbons (Fsp3) is 0.156. The zero-order valence-electron chi connectivity index (χ0n) is 21.7. The van der Waals surface area contributed by atoms with Crippen LogP contribution in [-0.4, -0.2) is 38.0 Å². The van der Waals surface area contributed by atoms with E-state index in [2.05, 4.69) is 4.98 Å². The SMILES string of the molecule is CC(C)(C)OC(=O)n1c2ccccc2c2c3c(c4c5ccccc5[nH]c4c21)CN(C(=O)c1ccccc1)C3=O. The molecule has 1 aliphatic heterocycles. The van der Waals surface area contributed by atoms with Gasteiger partial charge in [0.2, 0.25) is 0 Å². The zero-order chi connectivity index (χ0) is 27.1. The first-order valence-electron chi connectivity index (χ1n) is 12.9. The number of H-pyrrole nitrogens is 1. The summed E-state index contributed by atoms with van der Waals surface area (Å²) in [5, 5.41) is 3.14. The maximum Gasteiger partial charge on any atom is 0.419 e. The van der Waals surface area contributed by atoms with Crippen molar-refractivity contribution in [3.63, 3.8) is 0 Å². The highest BCUT2D eigenvalue weighted by Gasteiger charge is 2.39. The van der Waals surface area contributed by atoms with E-state index in [9.17, 15) is 14.4 Å². The van der Waals surface area contributed by atoms with Gasteiger partial charge in [0.05, 0.1) is 28.7 Å². The third-order valence-corrected chi connectivity index (χ3v) is 7.29. The molecule has 7 rings (SSSR count). The first kappa shape index (κ1) is 23.2. The molecule has 192 valence electrons. The van der Waals surface area contributed by atoms with Gasteiger partial charge in [-0.25, -0.2) is 9.36 Å². The Morgan fingerprint density at radius 3 is 2.26 bits per heavy atom. The number of ether oxygens (including phenoxy) is 1. The fourth-order valence-electron chi connectivity index (χ4n) is 5.80. The standard InChI is InChI=1S/C32H25N3O4/c1-32(2,3)39-31(38)35-23-16-10-8-14-20(23)25-26-21(17-34(30(26)37)29(36)18-11-5-4-6-12-18)24-19-13-7-9-15-22(19)33-27(24)28(25)35/h4-16,33H,17H2,1-3H3. The van der Waals surface area contributed by atoms with Crippen LogP contribution >= 0.6 is 0 Å². The summed E-state index contributed by atoms with van der Waals surface area (Å²) in [5.41, 5.74) is 3.76. The van der Waals surface area contributed by atoms with Crippen molar-refractivity contribution in [2.24, 2.45) is 0 Å². The molecule has 3 heterocycles. The molecule has 0 saturated carbocycles. The van der Waals surface area contributed by atoms with Crippen molar-refractivity contribution in [2.45, 2.75) is 32.9 Å². The highest BCUT2D eigenvalue weighted by molar-refractivity contribution is 6.33. The number of nitrogens with zero attached hydrogens (tertiary/aromatic N) is 2. The number of aromatic nitrogens is 2. The van der Waals surface area contributed by atoms with Crippen LogP contribution < -0.4 is 0 Å². The topological polar surface area (TPSA) is 84.4 Å². The quantitative estimate of drug-likeness (QED) is 0.239. The van der Waals surface area contributed by atoms with Gasteiger partial charge in [-0.2, -0.15) is 0 Å². The lowest BCUT2D eigenvalue weighted by Gasteiger charge is -2.20. The van der Waals surface area contributed by atoms with E-state index in [0.717, 1.165) is 32.8 Å². The summed E-state index contributed by atoms with van der Waals surface area (Å²) in [7, 11) is 0. The maximum atomic E-state index is 14.1. The van der Waals surface area contributed by atoms with Crippen LogP contribution in [0.5, 0.6) is 0 Å². The van der Waals surface area contributed by atoms with E-state index in [1.807, 2.05) is 75.4 Å². The first-order valence-corrected chi connectivity index (χ1v) is 12.9. The zero-order valence-corrected chi connectivity index (χ0v) is 21.7. The smallest absolute Gasteiger partial charge is 0.419 e. The van der Waals surface area contributed by atoms with Gasteiger partial charge >= 0.3 is 6.09 Å². The number of hydrogen-bond acceptors (Lipinski definition) is 4. The molecular formula is C32H25N3O4. The Kier molecular flexibility index (Phi) is 4.79. The summed E-state index contributed by atoms with van der Waals surface area (Å²) < 4.78 is 7.40. The highest BCUT2D eigenvalue weighted by atomic mass is 16.6. The van der Waals surface area contributed by atoms with E-state index in [-0.39, 0.29) is 18.4 Å². The second-order valence-corrected chi connectivity index (χ2v) is 10.9. The molecule has 1 aliphatic rings. The minimum Gasteiger partial charge on any atom is -0.443 e. The molecule has 2 amide bonds. The number of fused-ring (bicyclic) bond motifs is 10. The van der Waals surface area contributed by atoms with Crippen LogP contribution in [0.4, 0.5) is 4.79 Å². The molecule has 0 bridgehead atoms. The second kappa shape index (κ2) is 8.04. The lowest BCUT2D eigenvalue weighted by atomic mass is 9.97. The Morgan fingerprint density at radius 1 is 0.846 bits per heavy atom. The van der Waals surface area contributed by atoms with Gasteiger partial charge in [-0.3, -0.25) is 14.5 Å². The van der Waals surface area contributed by atoms with Crippen molar-refractivity contribution >= 4 is 61.5 Å². The normalized spacial score (nSPS) is 13.6. The monoisotopic (exact) mass is 515 g/mol. The number of aromatic amines is 1. The van der Waals surface area contributed by atoms with Gasteiger partial charge in [-0.15, -0.1) is 0 Å². The summed E-state index contributed by atoms with van der Waals surface area (Å²) >= 11 is 0. The summed E-state index contributed by atoms with van der Waals surface area (Å²) in [4.78, 5) is 46.2. The van der Waals surface area contributed by atoms with Gasteiger partial charge < -0.3 is 9.72 Å². The largest absolute Gasteiger partial charge is 0.443 e. The number of carbonyl (C=O) groups excluding carboxylic acids is 3. The van der Waals surface area contributed by atoms with Crippen molar-refractivity contribution in [3.8, 4) is 0 Å². The highest BCUT2D eigenvalue weighted by Crippen LogP contribution is 2.45. The molecule has 0 radical (unpaired) electrons. The number of para-hydroxylation sites is 2. The fourth-order valence-corrected chi connectivity index (χ4v) is 5.80. The minimum atomic E-state index is -0.722. The molecule has 0 unspecified atom stereocenters. The van der Waals surface area contributed by atoms with Crippen molar-refractivity contribution in [1.82, 2.24) is 14.5 Å². The Balaban J connectivity index is 1.62. The molecule has 0 fully saturated rings. The Labute approximate surface area is 223 Å². The van der Waals surface area contributed by atoms with Gasteiger partial charge in [0.25, 0.3) is 11.8 Å². The van der Waals surface area contributed by atoms with Gasteiger partial charge in [-0.05, 0) is 50.6 Å². The predicted octanol–water partition coefficient (Wildman–Crippen LogP) is 7.01. The predicted molar refractivity (Wildman–Crippen MR) is 151 cm³/mol. The number of benzene rings is 4. The van der Waals surface area contributed by atoms with Crippen molar-refractivity contribution in [2.75, 3.05) is 0 Å². The molecular weight excluding hydrogens is 490 g/mol. The van der Waals surface area contributed by atoms with Crippen molar-refractivity contribution in [3.05, 3.63) is 95.6 Å². The summed E-state index contributed by atoms with van der Waals surface area (Å²) in [6.07, 6.45) is -0.531. The average molecular weight is 516 g/mol. The van der Waals surface area contributed by atoms with E-state index >= 15 is 0 Å². The molecule has 2 aromatic heterocycles. The van der Waals surface area contributed by atoms with Crippen molar-refractivity contribution < 1.29 is 19.1 Å². The maximum absolute atomic E-state index is 14.1. The van der Waals surface area contributed by atoms with Crippen LogP contribution in [0.25, 0.3) is 43.6 Å². The van der Waals surface area contributed by atoms with Crippen LogP contribution in [0.2, 0.25) is 0 Å². The Hall–Kier alpha value is -4.91. The average Bonchev–Trinajstić information content (AvgIpc) is 3.57. The molecule has 1 N–H and O–H groups in total. The number of nitrogens with one attached hydrogen (secondary N) is 1. The van der Waals surface area contributed by atoms with E-state index in [0.29, 0.717) is 27.5 Å². The Bertz CT molecular complexity index is 2010. The van der Waals surface area contributed by atoms with Gasteiger partial charge in [0.1, 0.15) is 5.60 Å². The lowest BCUT2D eigenvalue weighted by Crippen LogP contribution is -2.31. The summed E-state index contributed by atoms with van der Waals surface area (Å²) in [5.74, 6) is -0.725. The number of hydrogen-bond donors (Lipinski definition) is 1. The second-order valence-electron chi connectivity index (χ2n) is 10.9. The van der Waals surface area contributed by atoms with Crippen LogP contribution in [-0.2, 0) is 11.3 Å². The number of rotatable bonds is 1. The molecule has 0 saturated heterocycles. The van der Waals surface area contributed by atoms with Crippen LogP contribution in [0.15, 0.2) is 78.9 Å². The molecule has 0 atom stereocenters. The van der Waals surface area contributed by atoms with E-state index in [4.69, 9.17) is 4.74 Å². The summed E-state index contributed by atoms with van der Waals surface area (Å²) in [6, 6.07) is 24.2. The molecule has 6 aromatic rings. The van der Waals surface area contributed by atoms with Crippen LogP contribution in [0, 0.1) is 0 Å². The third kappa shape index (κ3) is 3.32. The van der Waals surface area contributed by atoms with Gasteiger partial charge in [0, 0.05) is 32.6 Å². The van der Waals surface area contributed by atoms with Gasteiger partial charge in [-0.1, -0.05) is 54.6 Å². The van der Waals surface area contributed by atoms with Crippen molar-refractivity contribution in [1.29, 1.82) is 0 Å². The molecule has 7 nitrogen and oxygen atoms in total. The minimum absolute atomic E-state index is 0.141. The Morgan fingerprint density at radius 2 is 1.51 bits per heavy atom.